The minimum Gasteiger partial charge on any atom is -0.464 e. The Morgan fingerprint density at radius 3 is 2.78 bits per heavy atom. The molecule has 2 aromatic heterocycles. The SMILES string of the molecule is CCNC(c1ccc(C)o1)c1c(Cl)cnn1CC. The van der Waals surface area contributed by atoms with Gasteiger partial charge in [-0.2, -0.15) is 5.10 Å². The molecule has 0 saturated heterocycles. The molecular weight excluding hydrogens is 250 g/mol. The molecular formula is C13H18ClN3O. The smallest absolute Gasteiger partial charge is 0.127 e. The Labute approximate surface area is 112 Å². The van der Waals surface area contributed by atoms with Crippen LogP contribution < -0.4 is 5.32 Å². The van der Waals surface area contributed by atoms with Gasteiger partial charge in [0.05, 0.1) is 16.9 Å². The third-order valence-electron chi connectivity index (χ3n) is 2.86. The van der Waals surface area contributed by atoms with E-state index in [0.29, 0.717) is 5.02 Å². The molecule has 0 amide bonds. The van der Waals surface area contributed by atoms with E-state index in [1.54, 1.807) is 6.20 Å². The van der Waals surface area contributed by atoms with E-state index in [-0.39, 0.29) is 6.04 Å². The van der Waals surface area contributed by atoms with Crippen LogP contribution in [0.5, 0.6) is 0 Å². The molecule has 2 rings (SSSR count). The molecule has 0 fully saturated rings. The lowest BCUT2D eigenvalue weighted by molar-refractivity contribution is 0.419. The van der Waals surface area contributed by atoms with Gasteiger partial charge in [0.15, 0.2) is 0 Å². The first kappa shape index (κ1) is 13.2. The van der Waals surface area contributed by atoms with E-state index in [1.807, 2.05) is 30.7 Å². The molecule has 4 nitrogen and oxygen atoms in total. The van der Waals surface area contributed by atoms with Gasteiger partial charge in [0.1, 0.15) is 17.6 Å². The van der Waals surface area contributed by atoms with E-state index in [1.165, 1.54) is 0 Å². The average Bonchev–Trinajstić information content (AvgIpc) is 2.93. The molecule has 0 radical (unpaired) electrons. The second-order valence-corrected chi connectivity index (χ2v) is 4.54. The Balaban J connectivity index is 2.43. The third kappa shape index (κ3) is 2.44. The van der Waals surface area contributed by atoms with Crippen molar-refractivity contribution in [2.24, 2.45) is 0 Å². The predicted molar refractivity (Wildman–Crippen MR) is 71.9 cm³/mol. The van der Waals surface area contributed by atoms with Crippen LogP contribution in [0, 0.1) is 6.92 Å². The molecule has 2 heterocycles. The summed E-state index contributed by atoms with van der Waals surface area (Å²) in [6.07, 6.45) is 1.68. The zero-order chi connectivity index (χ0) is 13.1. The van der Waals surface area contributed by atoms with E-state index in [0.717, 1.165) is 30.3 Å². The van der Waals surface area contributed by atoms with Gasteiger partial charge < -0.3 is 9.73 Å². The van der Waals surface area contributed by atoms with Crippen molar-refractivity contribution in [3.8, 4) is 0 Å². The molecule has 0 aromatic carbocycles. The summed E-state index contributed by atoms with van der Waals surface area (Å²) in [5.74, 6) is 1.76. The molecule has 18 heavy (non-hydrogen) atoms. The van der Waals surface area contributed by atoms with Crippen molar-refractivity contribution < 1.29 is 4.42 Å². The zero-order valence-corrected chi connectivity index (χ0v) is 11.7. The lowest BCUT2D eigenvalue weighted by Crippen LogP contribution is -2.24. The topological polar surface area (TPSA) is 43.0 Å². The molecule has 1 N–H and O–H groups in total. The quantitative estimate of drug-likeness (QED) is 0.905. The molecule has 0 aliphatic carbocycles. The third-order valence-corrected chi connectivity index (χ3v) is 3.15. The van der Waals surface area contributed by atoms with E-state index >= 15 is 0 Å². The second-order valence-electron chi connectivity index (χ2n) is 4.13. The van der Waals surface area contributed by atoms with Crippen molar-refractivity contribution in [3.05, 3.63) is 40.6 Å². The highest BCUT2D eigenvalue weighted by atomic mass is 35.5. The molecule has 0 saturated carbocycles. The van der Waals surface area contributed by atoms with Crippen LogP contribution in [0.3, 0.4) is 0 Å². The number of furan rings is 1. The van der Waals surface area contributed by atoms with Gasteiger partial charge in [-0.05, 0) is 32.5 Å². The first-order valence-corrected chi connectivity index (χ1v) is 6.56. The fraction of sp³-hybridized carbons (Fsp3) is 0.462. The van der Waals surface area contributed by atoms with Crippen molar-refractivity contribution >= 4 is 11.6 Å². The van der Waals surface area contributed by atoms with E-state index in [4.69, 9.17) is 16.0 Å². The summed E-state index contributed by atoms with van der Waals surface area (Å²) < 4.78 is 7.61. The van der Waals surface area contributed by atoms with Crippen molar-refractivity contribution in [2.75, 3.05) is 6.54 Å². The molecule has 98 valence electrons. The minimum absolute atomic E-state index is 0.0568. The largest absolute Gasteiger partial charge is 0.464 e. The summed E-state index contributed by atoms with van der Waals surface area (Å²) in [5, 5.41) is 8.33. The number of nitrogens with zero attached hydrogens (tertiary/aromatic N) is 2. The summed E-state index contributed by atoms with van der Waals surface area (Å²) in [4.78, 5) is 0. The maximum absolute atomic E-state index is 6.25. The van der Waals surface area contributed by atoms with E-state index in [9.17, 15) is 0 Å². The van der Waals surface area contributed by atoms with Crippen LogP contribution in [-0.2, 0) is 6.54 Å². The number of nitrogens with one attached hydrogen (secondary N) is 1. The number of hydrogen-bond acceptors (Lipinski definition) is 3. The number of halogens is 1. The molecule has 0 aliphatic heterocycles. The first-order chi connectivity index (χ1) is 8.67. The first-order valence-electron chi connectivity index (χ1n) is 6.18. The van der Waals surface area contributed by atoms with Gasteiger partial charge in [0.25, 0.3) is 0 Å². The Morgan fingerprint density at radius 1 is 1.44 bits per heavy atom. The van der Waals surface area contributed by atoms with Gasteiger partial charge in [-0.3, -0.25) is 4.68 Å². The lowest BCUT2D eigenvalue weighted by atomic mass is 10.1. The molecule has 5 heteroatoms. The number of aromatic nitrogens is 2. The fourth-order valence-electron chi connectivity index (χ4n) is 2.06. The van der Waals surface area contributed by atoms with Crippen molar-refractivity contribution in [1.29, 1.82) is 0 Å². The molecule has 2 aromatic rings. The van der Waals surface area contributed by atoms with Crippen molar-refractivity contribution in [1.82, 2.24) is 15.1 Å². The van der Waals surface area contributed by atoms with Gasteiger partial charge in [0, 0.05) is 6.54 Å². The van der Waals surface area contributed by atoms with Crippen LogP contribution in [0.2, 0.25) is 5.02 Å². The maximum atomic E-state index is 6.25. The van der Waals surface area contributed by atoms with Crippen LogP contribution in [0.25, 0.3) is 0 Å². The van der Waals surface area contributed by atoms with Crippen molar-refractivity contribution in [3.63, 3.8) is 0 Å². The Hall–Kier alpha value is -1.26. The van der Waals surface area contributed by atoms with Gasteiger partial charge in [-0.25, -0.2) is 0 Å². The van der Waals surface area contributed by atoms with Gasteiger partial charge >= 0.3 is 0 Å². The summed E-state index contributed by atoms with van der Waals surface area (Å²) in [6, 6.07) is 3.88. The second kappa shape index (κ2) is 5.59. The zero-order valence-electron chi connectivity index (χ0n) is 10.9. The Morgan fingerprint density at radius 2 is 2.22 bits per heavy atom. The lowest BCUT2D eigenvalue weighted by Gasteiger charge is -2.17. The van der Waals surface area contributed by atoms with Crippen LogP contribution in [0.4, 0.5) is 0 Å². The summed E-state index contributed by atoms with van der Waals surface area (Å²) in [5.41, 5.74) is 0.954. The Kier molecular flexibility index (Phi) is 4.09. The van der Waals surface area contributed by atoms with Crippen LogP contribution in [0.1, 0.15) is 37.1 Å². The predicted octanol–water partition coefficient (Wildman–Crippen LogP) is 3.16. The number of hydrogen-bond donors (Lipinski definition) is 1. The molecule has 0 bridgehead atoms. The highest BCUT2D eigenvalue weighted by Crippen LogP contribution is 2.29. The van der Waals surface area contributed by atoms with Crippen LogP contribution in [0.15, 0.2) is 22.7 Å². The standard InChI is InChI=1S/C13H18ClN3O/c1-4-15-12(11-7-6-9(3)18-11)13-10(14)8-16-17(13)5-2/h6-8,12,15H,4-5H2,1-3H3. The van der Waals surface area contributed by atoms with Gasteiger partial charge in [0.2, 0.25) is 0 Å². The molecule has 1 atom stereocenters. The molecule has 1 unspecified atom stereocenters. The van der Waals surface area contributed by atoms with Gasteiger partial charge in [-0.1, -0.05) is 18.5 Å². The van der Waals surface area contributed by atoms with Gasteiger partial charge in [-0.15, -0.1) is 0 Å². The molecule has 0 spiro atoms. The summed E-state index contributed by atoms with van der Waals surface area (Å²) >= 11 is 6.25. The highest BCUT2D eigenvalue weighted by Gasteiger charge is 2.23. The number of rotatable bonds is 5. The van der Waals surface area contributed by atoms with Crippen LogP contribution in [-0.4, -0.2) is 16.3 Å². The normalized spacial score (nSPS) is 12.9. The fourth-order valence-corrected chi connectivity index (χ4v) is 2.31. The van der Waals surface area contributed by atoms with E-state index < -0.39 is 0 Å². The van der Waals surface area contributed by atoms with Crippen molar-refractivity contribution in [2.45, 2.75) is 33.4 Å². The Bertz CT molecular complexity index is 518. The number of aryl methyl sites for hydroxylation is 2. The molecule has 0 aliphatic rings. The monoisotopic (exact) mass is 267 g/mol. The summed E-state index contributed by atoms with van der Waals surface area (Å²) in [6.45, 7) is 7.65. The average molecular weight is 268 g/mol. The van der Waals surface area contributed by atoms with E-state index in [2.05, 4.69) is 17.3 Å². The minimum atomic E-state index is -0.0568. The highest BCUT2D eigenvalue weighted by molar-refractivity contribution is 6.31. The summed E-state index contributed by atoms with van der Waals surface area (Å²) in [7, 11) is 0. The van der Waals surface area contributed by atoms with Crippen LogP contribution >= 0.6 is 11.6 Å². The maximum Gasteiger partial charge on any atom is 0.127 e.